The third kappa shape index (κ3) is 18.8. The van der Waals surface area contributed by atoms with Crippen molar-refractivity contribution in [3.8, 4) is 5.75 Å². The smallest absolute Gasteiger partial charge is 0.326 e. The predicted molar refractivity (Wildman–Crippen MR) is 229 cm³/mol. The van der Waals surface area contributed by atoms with Gasteiger partial charge in [-0.1, -0.05) is 26.0 Å². The van der Waals surface area contributed by atoms with Crippen LogP contribution in [0.4, 0.5) is 0 Å². The summed E-state index contributed by atoms with van der Waals surface area (Å²) < 4.78 is 0. The molecule has 6 amide bonds. The number of carboxylic acid groups (broad SMARTS) is 3. The number of unbranched alkanes of at least 4 members (excludes halogenated alkanes) is 1. The van der Waals surface area contributed by atoms with Gasteiger partial charge in [0.2, 0.25) is 35.4 Å². The van der Waals surface area contributed by atoms with E-state index in [4.69, 9.17) is 28.0 Å². The molecule has 0 bridgehead atoms. The van der Waals surface area contributed by atoms with Crippen LogP contribution in [0.1, 0.15) is 83.6 Å². The predicted octanol–water partition coefficient (Wildman–Crippen LogP) is -3.06. The number of phenols is 1. The van der Waals surface area contributed by atoms with Gasteiger partial charge in [-0.3, -0.25) is 43.3 Å². The number of nitrogens with two attached hydrogens (primary N) is 4. The first-order valence-electron chi connectivity index (χ1n) is 20.9. The van der Waals surface area contributed by atoms with Crippen molar-refractivity contribution >= 4 is 59.3 Å². The molecular weight excluding hydrogens is 843 g/mol. The number of amides is 6. The largest absolute Gasteiger partial charge is 0.508 e. The van der Waals surface area contributed by atoms with Gasteiger partial charge in [0.15, 0.2) is 5.96 Å². The van der Waals surface area contributed by atoms with Gasteiger partial charge in [-0.15, -0.1) is 0 Å². The highest BCUT2D eigenvalue weighted by molar-refractivity contribution is 5.98. The van der Waals surface area contributed by atoms with E-state index >= 15 is 0 Å². The topological polar surface area (TPSA) is 414 Å². The molecule has 24 nitrogen and oxygen atoms in total. The Hall–Kier alpha value is -6.56. The molecule has 17 N–H and O–H groups in total. The summed E-state index contributed by atoms with van der Waals surface area (Å²) in [4.78, 5) is 122. The van der Waals surface area contributed by atoms with Crippen molar-refractivity contribution in [3.63, 3.8) is 0 Å². The van der Waals surface area contributed by atoms with Crippen LogP contribution in [0.5, 0.6) is 5.75 Å². The highest BCUT2D eigenvalue weighted by Gasteiger charge is 2.39. The molecule has 7 atom stereocenters. The third-order valence-electron chi connectivity index (χ3n) is 10.1. The van der Waals surface area contributed by atoms with Gasteiger partial charge < -0.3 is 74.8 Å². The first kappa shape index (κ1) is 53.6. The van der Waals surface area contributed by atoms with Crippen LogP contribution in [0.3, 0.4) is 0 Å². The lowest BCUT2D eigenvalue weighted by molar-refractivity contribution is -0.144. The Labute approximate surface area is 369 Å². The molecular formula is C40H63N11O13. The number of benzene rings is 1. The Morgan fingerprint density at radius 1 is 0.734 bits per heavy atom. The molecule has 0 unspecified atom stereocenters. The molecule has 0 aliphatic carbocycles. The first-order chi connectivity index (χ1) is 30.1. The number of nitrogens with zero attached hydrogens (tertiary/aromatic N) is 2. The Bertz CT molecular complexity index is 1830. The van der Waals surface area contributed by atoms with E-state index in [0.717, 1.165) is 4.90 Å². The zero-order valence-electron chi connectivity index (χ0n) is 36.0. The molecule has 356 valence electrons. The fraction of sp³-hybridized carbons (Fsp3) is 0.600. The second-order valence-corrected chi connectivity index (χ2v) is 15.9. The number of rotatable bonds is 28. The van der Waals surface area contributed by atoms with Crippen molar-refractivity contribution in [2.24, 2.45) is 33.8 Å². The molecule has 2 rings (SSSR count). The van der Waals surface area contributed by atoms with Crippen molar-refractivity contribution in [2.45, 2.75) is 127 Å². The van der Waals surface area contributed by atoms with Gasteiger partial charge in [-0.05, 0) is 81.5 Å². The van der Waals surface area contributed by atoms with Gasteiger partial charge >= 0.3 is 17.9 Å². The summed E-state index contributed by atoms with van der Waals surface area (Å²) >= 11 is 0. The average molecular weight is 906 g/mol. The van der Waals surface area contributed by atoms with E-state index in [1.54, 1.807) is 13.8 Å². The number of hydrogen-bond acceptors (Lipinski definition) is 13. The number of aliphatic imine (C=N–C) groups is 1. The number of hydrogen-bond donors (Lipinski definition) is 13. The number of likely N-dealkylation sites (tertiary alicyclic amines) is 1. The summed E-state index contributed by atoms with van der Waals surface area (Å²) in [7, 11) is 0. The molecule has 1 fully saturated rings. The molecule has 0 spiro atoms. The van der Waals surface area contributed by atoms with Crippen LogP contribution < -0.4 is 49.5 Å². The molecule has 64 heavy (non-hydrogen) atoms. The summed E-state index contributed by atoms with van der Waals surface area (Å²) in [6.45, 7) is 3.86. The van der Waals surface area contributed by atoms with E-state index in [-0.39, 0.29) is 75.8 Å². The van der Waals surface area contributed by atoms with Crippen LogP contribution in [-0.4, -0.2) is 147 Å². The van der Waals surface area contributed by atoms with Gasteiger partial charge in [-0.2, -0.15) is 0 Å². The van der Waals surface area contributed by atoms with Gasteiger partial charge in [0, 0.05) is 19.5 Å². The van der Waals surface area contributed by atoms with Gasteiger partial charge in [0.05, 0.1) is 18.9 Å². The summed E-state index contributed by atoms with van der Waals surface area (Å²) in [5.41, 5.74) is 22.8. The lowest BCUT2D eigenvalue weighted by Gasteiger charge is -2.29. The number of aliphatic carboxylic acids is 3. The molecule has 1 aliphatic rings. The number of nitrogens with one attached hydrogen (secondary N) is 5. The number of carbonyl (C=O) groups excluding carboxylic acids is 6. The van der Waals surface area contributed by atoms with Crippen LogP contribution in [0, 0.1) is 5.92 Å². The highest BCUT2D eigenvalue weighted by atomic mass is 16.4. The normalized spacial score (nSPS) is 16.2. The number of guanidine groups is 1. The summed E-state index contributed by atoms with van der Waals surface area (Å²) in [6, 6.07) is -4.39. The molecule has 0 aromatic heterocycles. The van der Waals surface area contributed by atoms with Gasteiger partial charge in [0.25, 0.3) is 0 Å². The maximum Gasteiger partial charge on any atom is 0.326 e. The number of aromatic hydroxyl groups is 1. The average Bonchev–Trinajstić information content (AvgIpc) is 3.71. The second kappa shape index (κ2) is 26.8. The van der Waals surface area contributed by atoms with Crippen molar-refractivity contribution in [3.05, 3.63) is 29.8 Å². The standard InChI is InChI=1S/C40H63N11O13/c1-21(2)17-27(35(59)49-28(20-32(55)56)36(60)50-29(39(63)64)18-22-10-12-23(52)13-11-22)48-34(58)25(7-3-4-14-41)46-33(57)26(8-5-15-45-40(43)44)47-37(61)30-9-6-16-51(30)38(62)24(42)19-31(53)54/h10-13,21,24-30,52H,3-9,14-20,41-42H2,1-2H3,(H,46,57)(H,47,61)(H,48,58)(H,49,59)(H,50,60)(H,53,54)(H,55,56)(H,63,64)(H4,43,44,45)/t24-,25-,26-,27-,28-,29-,30-/m0/s1. The fourth-order valence-corrected chi connectivity index (χ4v) is 6.84. The van der Waals surface area contributed by atoms with Crippen molar-refractivity contribution in [2.75, 3.05) is 19.6 Å². The van der Waals surface area contributed by atoms with Gasteiger partial charge in [-0.25, -0.2) is 4.79 Å². The Morgan fingerprint density at radius 3 is 1.83 bits per heavy atom. The van der Waals surface area contributed by atoms with E-state index in [2.05, 4.69) is 31.6 Å². The van der Waals surface area contributed by atoms with E-state index in [9.17, 15) is 58.5 Å². The lowest BCUT2D eigenvalue weighted by atomic mass is 10.0. The Kier molecular flexibility index (Phi) is 22.4. The van der Waals surface area contributed by atoms with Crippen molar-refractivity contribution in [1.29, 1.82) is 0 Å². The maximum atomic E-state index is 14.0. The Balaban J connectivity index is 2.35. The lowest BCUT2D eigenvalue weighted by Crippen LogP contribution is -2.60. The molecule has 1 aromatic carbocycles. The first-order valence-corrected chi connectivity index (χ1v) is 20.9. The van der Waals surface area contributed by atoms with Gasteiger partial charge in [0.1, 0.15) is 42.0 Å². The summed E-state index contributed by atoms with van der Waals surface area (Å²) in [6.07, 6.45) is -0.433. The fourth-order valence-electron chi connectivity index (χ4n) is 6.84. The minimum atomic E-state index is -1.79. The van der Waals surface area contributed by atoms with E-state index in [1.165, 1.54) is 24.3 Å². The van der Waals surface area contributed by atoms with Crippen molar-refractivity contribution < 1.29 is 63.6 Å². The maximum absolute atomic E-state index is 14.0. The minimum Gasteiger partial charge on any atom is -0.508 e. The summed E-state index contributed by atoms with van der Waals surface area (Å²) in [5, 5.41) is 50.5. The Morgan fingerprint density at radius 2 is 1.27 bits per heavy atom. The van der Waals surface area contributed by atoms with E-state index < -0.39 is 108 Å². The van der Waals surface area contributed by atoms with Crippen LogP contribution in [0.2, 0.25) is 0 Å². The molecule has 0 radical (unpaired) electrons. The van der Waals surface area contributed by atoms with Crippen LogP contribution in [-0.2, 0) is 49.6 Å². The zero-order chi connectivity index (χ0) is 48.1. The SMILES string of the molecule is CC(C)C[C@H](NC(=O)[C@H](CCCCN)NC(=O)[C@H](CCCN=C(N)N)NC(=O)[C@@H]1CCCN1C(=O)[C@@H](N)CC(=O)O)C(=O)N[C@@H](CC(=O)O)C(=O)N[C@@H](Cc1ccc(O)cc1)C(=O)O. The number of carbonyl (C=O) groups is 9. The molecule has 1 saturated heterocycles. The van der Waals surface area contributed by atoms with Crippen LogP contribution >= 0.6 is 0 Å². The third-order valence-corrected chi connectivity index (χ3v) is 10.1. The monoisotopic (exact) mass is 905 g/mol. The molecule has 0 saturated carbocycles. The molecule has 1 aliphatic heterocycles. The summed E-state index contributed by atoms with van der Waals surface area (Å²) in [5.74, 6) is -10.1. The van der Waals surface area contributed by atoms with E-state index in [0.29, 0.717) is 24.8 Å². The molecule has 1 aromatic rings. The minimum absolute atomic E-state index is 0.00742. The quantitative estimate of drug-likeness (QED) is 0.0226. The van der Waals surface area contributed by atoms with Crippen LogP contribution in [0.25, 0.3) is 0 Å². The number of carboxylic acids is 3. The second-order valence-electron chi connectivity index (χ2n) is 15.9. The number of phenolic OH excluding ortho intramolecular Hbond substituents is 1. The highest BCUT2D eigenvalue weighted by Crippen LogP contribution is 2.20. The van der Waals surface area contributed by atoms with Crippen LogP contribution in [0.15, 0.2) is 29.3 Å². The zero-order valence-corrected chi connectivity index (χ0v) is 36.0. The molecule has 1 heterocycles. The van der Waals surface area contributed by atoms with Crippen molar-refractivity contribution in [1.82, 2.24) is 31.5 Å². The van der Waals surface area contributed by atoms with E-state index in [1.807, 2.05) is 0 Å². The molecule has 24 heteroatoms.